The smallest absolute Gasteiger partial charge is 0.0594 e. The van der Waals surface area contributed by atoms with Crippen LogP contribution in [0.15, 0.2) is 0 Å². The van der Waals surface area contributed by atoms with E-state index in [1.54, 1.807) is 0 Å². The second kappa shape index (κ2) is 12.6. The van der Waals surface area contributed by atoms with Gasteiger partial charge in [0, 0.05) is 26.3 Å². The maximum Gasteiger partial charge on any atom is 0.0594 e. The van der Waals surface area contributed by atoms with Gasteiger partial charge in [0.1, 0.15) is 0 Å². The lowest BCUT2D eigenvalue weighted by Gasteiger charge is -2.26. The van der Waals surface area contributed by atoms with Crippen LogP contribution in [0.1, 0.15) is 39.5 Å². The molecule has 0 aromatic rings. The van der Waals surface area contributed by atoms with E-state index in [-0.39, 0.29) is 0 Å². The number of ether oxygens (including phenoxy) is 2. The molecule has 0 aliphatic carbocycles. The molecule has 1 unspecified atom stereocenters. The van der Waals surface area contributed by atoms with Gasteiger partial charge in [0.05, 0.1) is 13.2 Å². The molecule has 1 aliphatic rings. The lowest BCUT2D eigenvalue weighted by Crippen LogP contribution is -2.37. The number of nitrogens with zero attached hydrogens (tertiary/aromatic N) is 1. The van der Waals surface area contributed by atoms with Crippen molar-refractivity contribution >= 4 is 0 Å². The zero-order valence-corrected chi connectivity index (χ0v) is 13.5. The number of hydrogen-bond acceptors (Lipinski definition) is 4. The Labute approximate surface area is 125 Å². The fraction of sp³-hybridized carbons (Fsp3) is 1.00. The summed E-state index contributed by atoms with van der Waals surface area (Å²) in [4.78, 5) is 2.49. The molecule has 20 heavy (non-hydrogen) atoms. The first-order valence-electron chi connectivity index (χ1n) is 8.41. The predicted molar refractivity (Wildman–Crippen MR) is 84.3 cm³/mol. The molecule has 1 rings (SSSR count). The average Bonchev–Trinajstić information content (AvgIpc) is 2.47. The summed E-state index contributed by atoms with van der Waals surface area (Å²) in [6.07, 6.45) is 4.89. The van der Waals surface area contributed by atoms with Crippen LogP contribution in [0.5, 0.6) is 0 Å². The van der Waals surface area contributed by atoms with Crippen LogP contribution in [-0.2, 0) is 9.47 Å². The lowest BCUT2D eigenvalue weighted by atomic mass is 10.1. The van der Waals surface area contributed by atoms with Crippen molar-refractivity contribution in [3.63, 3.8) is 0 Å². The van der Waals surface area contributed by atoms with Gasteiger partial charge in [0.2, 0.25) is 0 Å². The van der Waals surface area contributed by atoms with Crippen LogP contribution in [0.25, 0.3) is 0 Å². The van der Waals surface area contributed by atoms with Crippen molar-refractivity contribution < 1.29 is 9.47 Å². The standard InChI is InChI=1S/C16H34N2O2/c1-3-6-16(2)15-20-12-5-8-17-7-4-9-18-10-13-19-14-11-18/h16-17H,3-15H2,1-2H3. The average molecular weight is 286 g/mol. The van der Waals surface area contributed by atoms with Gasteiger partial charge in [-0.15, -0.1) is 0 Å². The molecular formula is C16H34N2O2. The van der Waals surface area contributed by atoms with E-state index in [1.165, 1.54) is 25.8 Å². The summed E-state index contributed by atoms with van der Waals surface area (Å²) >= 11 is 0. The highest BCUT2D eigenvalue weighted by Crippen LogP contribution is 2.04. The number of morpholine rings is 1. The van der Waals surface area contributed by atoms with Crippen LogP contribution in [0.3, 0.4) is 0 Å². The molecule has 1 aliphatic heterocycles. The fourth-order valence-electron chi connectivity index (χ4n) is 2.54. The van der Waals surface area contributed by atoms with E-state index in [9.17, 15) is 0 Å². The first-order valence-corrected chi connectivity index (χ1v) is 8.41. The van der Waals surface area contributed by atoms with Gasteiger partial charge in [-0.1, -0.05) is 20.3 Å². The quantitative estimate of drug-likeness (QED) is 0.557. The zero-order chi connectivity index (χ0) is 14.5. The first kappa shape index (κ1) is 17.9. The van der Waals surface area contributed by atoms with Crippen LogP contribution in [0.2, 0.25) is 0 Å². The molecule has 0 amide bonds. The van der Waals surface area contributed by atoms with E-state index < -0.39 is 0 Å². The highest BCUT2D eigenvalue weighted by atomic mass is 16.5. The Balaban J connectivity index is 1.76. The number of rotatable bonds is 12. The van der Waals surface area contributed by atoms with Crippen molar-refractivity contribution in [1.82, 2.24) is 10.2 Å². The van der Waals surface area contributed by atoms with E-state index in [2.05, 4.69) is 24.1 Å². The Morgan fingerprint density at radius 2 is 1.95 bits per heavy atom. The summed E-state index contributed by atoms with van der Waals surface area (Å²) in [5.74, 6) is 0.710. The highest BCUT2D eigenvalue weighted by Gasteiger charge is 2.08. The summed E-state index contributed by atoms with van der Waals surface area (Å²) in [6, 6.07) is 0. The molecule has 1 fully saturated rings. The third-order valence-corrected chi connectivity index (χ3v) is 3.76. The Morgan fingerprint density at radius 1 is 1.20 bits per heavy atom. The Bertz CT molecular complexity index is 209. The molecule has 1 saturated heterocycles. The van der Waals surface area contributed by atoms with Gasteiger partial charge in [-0.05, 0) is 44.8 Å². The van der Waals surface area contributed by atoms with Gasteiger partial charge in [0.25, 0.3) is 0 Å². The molecular weight excluding hydrogens is 252 g/mol. The SMILES string of the molecule is CCCC(C)COCCCNCCCN1CCOCC1. The van der Waals surface area contributed by atoms with Crippen LogP contribution in [0.4, 0.5) is 0 Å². The summed E-state index contributed by atoms with van der Waals surface area (Å²) in [6.45, 7) is 13.7. The molecule has 4 nitrogen and oxygen atoms in total. The molecule has 0 saturated carbocycles. The van der Waals surface area contributed by atoms with Crippen molar-refractivity contribution in [3.8, 4) is 0 Å². The van der Waals surface area contributed by atoms with Gasteiger partial charge in [-0.2, -0.15) is 0 Å². The number of nitrogens with one attached hydrogen (secondary N) is 1. The largest absolute Gasteiger partial charge is 0.381 e. The Morgan fingerprint density at radius 3 is 2.70 bits per heavy atom. The zero-order valence-electron chi connectivity index (χ0n) is 13.5. The molecule has 1 atom stereocenters. The maximum absolute atomic E-state index is 5.69. The van der Waals surface area contributed by atoms with Crippen LogP contribution < -0.4 is 5.32 Å². The van der Waals surface area contributed by atoms with Gasteiger partial charge < -0.3 is 14.8 Å². The molecule has 4 heteroatoms. The molecule has 0 radical (unpaired) electrons. The van der Waals surface area contributed by atoms with Crippen molar-refractivity contribution in [2.24, 2.45) is 5.92 Å². The second-order valence-corrected chi connectivity index (χ2v) is 5.88. The van der Waals surface area contributed by atoms with Crippen molar-refractivity contribution in [2.75, 3.05) is 59.2 Å². The van der Waals surface area contributed by atoms with E-state index in [0.717, 1.165) is 59.0 Å². The summed E-state index contributed by atoms with van der Waals surface area (Å²) in [5.41, 5.74) is 0. The molecule has 0 spiro atoms. The number of hydrogen-bond donors (Lipinski definition) is 1. The normalized spacial score (nSPS) is 18.3. The minimum absolute atomic E-state index is 0.710. The van der Waals surface area contributed by atoms with Gasteiger partial charge >= 0.3 is 0 Å². The topological polar surface area (TPSA) is 33.7 Å². The van der Waals surface area contributed by atoms with Crippen molar-refractivity contribution in [2.45, 2.75) is 39.5 Å². The highest BCUT2D eigenvalue weighted by molar-refractivity contribution is 4.62. The summed E-state index contributed by atoms with van der Waals surface area (Å²) in [5, 5.41) is 3.50. The van der Waals surface area contributed by atoms with Crippen LogP contribution >= 0.6 is 0 Å². The van der Waals surface area contributed by atoms with Crippen LogP contribution in [0, 0.1) is 5.92 Å². The minimum Gasteiger partial charge on any atom is -0.381 e. The summed E-state index contributed by atoms with van der Waals surface area (Å²) in [7, 11) is 0. The van der Waals surface area contributed by atoms with E-state index in [0.29, 0.717) is 5.92 Å². The Kier molecular flexibility index (Phi) is 11.2. The van der Waals surface area contributed by atoms with Crippen molar-refractivity contribution in [1.29, 1.82) is 0 Å². The Hall–Kier alpha value is -0.160. The molecule has 1 N–H and O–H groups in total. The second-order valence-electron chi connectivity index (χ2n) is 5.88. The van der Waals surface area contributed by atoms with E-state index in [4.69, 9.17) is 9.47 Å². The fourth-order valence-corrected chi connectivity index (χ4v) is 2.54. The van der Waals surface area contributed by atoms with Crippen molar-refractivity contribution in [3.05, 3.63) is 0 Å². The molecule has 0 aromatic heterocycles. The molecule has 0 bridgehead atoms. The molecule has 0 aromatic carbocycles. The third-order valence-electron chi connectivity index (χ3n) is 3.76. The first-order chi connectivity index (χ1) is 9.83. The van der Waals surface area contributed by atoms with Gasteiger partial charge in [-0.3, -0.25) is 4.90 Å². The lowest BCUT2D eigenvalue weighted by molar-refractivity contribution is 0.0374. The minimum atomic E-state index is 0.710. The van der Waals surface area contributed by atoms with Crippen LogP contribution in [-0.4, -0.2) is 64.1 Å². The summed E-state index contributed by atoms with van der Waals surface area (Å²) < 4.78 is 11.0. The van der Waals surface area contributed by atoms with E-state index >= 15 is 0 Å². The maximum atomic E-state index is 5.69. The van der Waals surface area contributed by atoms with Gasteiger partial charge in [-0.25, -0.2) is 0 Å². The molecule has 120 valence electrons. The third kappa shape index (κ3) is 9.70. The predicted octanol–water partition coefficient (Wildman–Crippen LogP) is 2.14. The van der Waals surface area contributed by atoms with E-state index in [1.807, 2.05) is 0 Å². The van der Waals surface area contributed by atoms with Gasteiger partial charge in [0.15, 0.2) is 0 Å². The molecule has 1 heterocycles. The monoisotopic (exact) mass is 286 g/mol.